The van der Waals surface area contributed by atoms with Crippen LogP contribution in [0.15, 0.2) is 36.4 Å². The molecule has 0 bridgehead atoms. The van der Waals surface area contributed by atoms with E-state index in [4.69, 9.17) is 0 Å². The number of anilines is 2. The molecular weight excluding hydrogens is 540 g/mol. The monoisotopic (exact) mass is 566 g/mol. The SMILES string of the molecule is O=C(O)c1ccc2c3c(N4CCCC4)cc(C(=O)O)c4c(C(=O)O)ccc(c5c(N6CCCC6)cc(C(=O)O)c1c25)c43. The summed E-state index contributed by atoms with van der Waals surface area (Å²) in [6, 6.07) is 9.13. The number of carboxylic acid groups (broad SMARTS) is 4. The van der Waals surface area contributed by atoms with Crippen molar-refractivity contribution in [3.05, 3.63) is 58.7 Å². The number of aromatic carboxylic acids is 4. The smallest absolute Gasteiger partial charge is 0.336 e. The Morgan fingerprint density at radius 1 is 0.452 bits per heavy atom. The molecule has 0 aliphatic carbocycles. The van der Waals surface area contributed by atoms with Crippen LogP contribution in [0.25, 0.3) is 43.1 Å². The van der Waals surface area contributed by atoms with Crippen molar-refractivity contribution in [3.8, 4) is 0 Å². The number of hydrogen-bond donors (Lipinski definition) is 4. The van der Waals surface area contributed by atoms with Crippen LogP contribution in [0, 0.1) is 0 Å². The Morgan fingerprint density at radius 2 is 0.786 bits per heavy atom. The maximum absolute atomic E-state index is 12.7. The van der Waals surface area contributed by atoms with E-state index < -0.39 is 23.9 Å². The van der Waals surface area contributed by atoms with Gasteiger partial charge in [-0.1, -0.05) is 12.1 Å². The Hall–Kier alpha value is -5.12. The Kier molecular flexibility index (Phi) is 5.66. The van der Waals surface area contributed by atoms with Gasteiger partial charge in [-0.05, 0) is 60.7 Å². The van der Waals surface area contributed by atoms with Crippen LogP contribution < -0.4 is 9.80 Å². The zero-order chi connectivity index (χ0) is 29.4. The molecule has 42 heavy (non-hydrogen) atoms. The van der Waals surface area contributed by atoms with Gasteiger partial charge in [-0.15, -0.1) is 0 Å². The van der Waals surface area contributed by atoms with E-state index in [0.717, 1.165) is 25.7 Å². The molecule has 0 atom stereocenters. The number of rotatable bonds is 6. The van der Waals surface area contributed by atoms with E-state index in [-0.39, 0.29) is 33.0 Å². The predicted molar refractivity (Wildman–Crippen MR) is 158 cm³/mol. The van der Waals surface area contributed by atoms with Gasteiger partial charge in [0.15, 0.2) is 0 Å². The lowest BCUT2D eigenvalue weighted by atomic mass is 9.82. The van der Waals surface area contributed by atoms with Gasteiger partial charge in [0.05, 0.1) is 22.3 Å². The second-order valence-electron chi connectivity index (χ2n) is 11.1. The van der Waals surface area contributed by atoms with Crippen molar-refractivity contribution in [3.63, 3.8) is 0 Å². The first-order valence-corrected chi connectivity index (χ1v) is 13.9. The molecule has 2 fully saturated rings. The second kappa shape index (κ2) is 9.20. The fraction of sp³-hybridized carbons (Fsp3) is 0.250. The Bertz CT molecular complexity index is 1870. The van der Waals surface area contributed by atoms with Crippen molar-refractivity contribution in [2.75, 3.05) is 36.0 Å². The standard InChI is InChI=1S/C32H26N2O8/c35-29(36)17-8-6-16-26-22(34-11-3-4-12-34)14-20(32(41)42)24-18(30(37)38)7-5-15(28(24)26)25-21(33-9-1-2-10-33)13-19(31(39)40)23(17)27(16)25/h5-8,13-14H,1-4,9-12H2,(H,35,36)(H,37,38)(H,39,40)(H,41,42). The molecule has 0 radical (unpaired) electrons. The normalized spacial score (nSPS) is 15.5. The molecule has 5 aromatic carbocycles. The number of nitrogens with zero attached hydrogens (tertiary/aromatic N) is 2. The lowest BCUT2D eigenvalue weighted by Gasteiger charge is -2.28. The number of fused-ring (bicyclic) bond motifs is 2. The van der Waals surface area contributed by atoms with Gasteiger partial charge >= 0.3 is 23.9 Å². The lowest BCUT2D eigenvalue weighted by molar-refractivity contribution is 0.0681. The minimum atomic E-state index is -1.26. The predicted octanol–water partition coefficient (Wildman–Crippen LogP) is 5.73. The largest absolute Gasteiger partial charge is 0.478 e. The Labute approximate surface area is 238 Å². The van der Waals surface area contributed by atoms with Crippen LogP contribution in [-0.4, -0.2) is 70.5 Å². The van der Waals surface area contributed by atoms with Gasteiger partial charge in [0.25, 0.3) is 0 Å². The zero-order valence-electron chi connectivity index (χ0n) is 22.4. The summed E-state index contributed by atoms with van der Waals surface area (Å²) in [6.07, 6.45) is 3.59. The molecule has 4 N–H and O–H groups in total. The molecule has 2 aliphatic rings. The molecule has 10 nitrogen and oxygen atoms in total. The van der Waals surface area contributed by atoms with Crippen LogP contribution in [-0.2, 0) is 0 Å². The molecule has 0 aromatic heterocycles. The first-order chi connectivity index (χ1) is 20.2. The molecule has 2 aliphatic heterocycles. The van der Waals surface area contributed by atoms with Crippen LogP contribution in [0.1, 0.15) is 67.1 Å². The molecule has 7 rings (SSSR count). The third-order valence-electron chi connectivity index (χ3n) is 8.88. The summed E-state index contributed by atoms with van der Waals surface area (Å²) in [5.74, 6) is -5.02. The first-order valence-electron chi connectivity index (χ1n) is 13.9. The summed E-state index contributed by atoms with van der Waals surface area (Å²) in [5, 5.41) is 44.5. The molecule has 10 heteroatoms. The van der Waals surface area contributed by atoms with Crippen LogP contribution in [0.5, 0.6) is 0 Å². The van der Waals surface area contributed by atoms with Crippen molar-refractivity contribution in [2.24, 2.45) is 0 Å². The van der Waals surface area contributed by atoms with Gasteiger partial charge in [-0.2, -0.15) is 0 Å². The van der Waals surface area contributed by atoms with Gasteiger partial charge in [0, 0.05) is 69.9 Å². The van der Waals surface area contributed by atoms with Crippen molar-refractivity contribution < 1.29 is 39.6 Å². The maximum atomic E-state index is 12.7. The first kappa shape index (κ1) is 25.8. The van der Waals surface area contributed by atoms with Crippen molar-refractivity contribution >= 4 is 78.3 Å². The highest BCUT2D eigenvalue weighted by Gasteiger charge is 2.31. The third kappa shape index (κ3) is 3.50. The summed E-state index contributed by atoms with van der Waals surface area (Å²) in [4.78, 5) is 54.5. The molecule has 2 heterocycles. The lowest BCUT2D eigenvalue weighted by Crippen LogP contribution is -2.20. The zero-order valence-corrected chi connectivity index (χ0v) is 22.4. The van der Waals surface area contributed by atoms with E-state index in [0.29, 0.717) is 69.9 Å². The third-order valence-corrected chi connectivity index (χ3v) is 8.88. The average Bonchev–Trinajstić information content (AvgIpc) is 3.69. The number of carboxylic acids is 4. The number of hydrogen-bond acceptors (Lipinski definition) is 6. The molecule has 0 amide bonds. The second-order valence-corrected chi connectivity index (χ2v) is 11.1. The fourth-order valence-corrected chi connectivity index (χ4v) is 7.17. The topological polar surface area (TPSA) is 156 Å². The Balaban J connectivity index is 1.84. The molecular formula is C32H26N2O8. The van der Waals surface area contributed by atoms with Crippen molar-refractivity contribution in [1.29, 1.82) is 0 Å². The van der Waals surface area contributed by atoms with E-state index in [1.165, 1.54) is 24.3 Å². The average molecular weight is 567 g/mol. The Morgan fingerprint density at radius 3 is 1.10 bits per heavy atom. The molecule has 0 saturated carbocycles. The van der Waals surface area contributed by atoms with Gasteiger partial charge < -0.3 is 30.2 Å². The minimum Gasteiger partial charge on any atom is -0.478 e. The summed E-state index contributed by atoms with van der Waals surface area (Å²) in [5.41, 5.74) is 0.682. The highest BCUT2D eigenvalue weighted by atomic mass is 16.4. The van der Waals surface area contributed by atoms with Crippen molar-refractivity contribution in [2.45, 2.75) is 25.7 Å². The fourth-order valence-electron chi connectivity index (χ4n) is 7.17. The molecule has 2 saturated heterocycles. The summed E-state index contributed by atoms with van der Waals surface area (Å²) in [7, 11) is 0. The van der Waals surface area contributed by atoms with E-state index in [9.17, 15) is 39.6 Å². The number of carbonyl (C=O) groups is 4. The molecule has 0 spiro atoms. The van der Waals surface area contributed by atoms with E-state index >= 15 is 0 Å². The van der Waals surface area contributed by atoms with E-state index in [2.05, 4.69) is 9.80 Å². The van der Waals surface area contributed by atoms with Gasteiger partial charge in [-0.25, -0.2) is 19.2 Å². The minimum absolute atomic E-state index is 0.0984. The van der Waals surface area contributed by atoms with Crippen LogP contribution >= 0.6 is 0 Å². The van der Waals surface area contributed by atoms with Crippen LogP contribution in [0.3, 0.4) is 0 Å². The quantitative estimate of drug-likeness (QED) is 0.148. The van der Waals surface area contributed by atoms with Crippen LogP contribution in [0.4, 0.5) is 11.4 Å². The summed E-state index contributed by atoms with van der Waals surface area (Å²) < 4.78 is 0. The van der Waals surface area contributed by atoms with Crippen LogP contribution in [0.2, 0.25) is 0 Å². The van der Waals surface area contributed by atoms with Gasteiger partial charge in [0.1, 0.15) is 0 Å². The summed E-state index contributed by atoms with van der Waals surface area (Å²) in [6.45, 7) is 2.68. The molecule has 5 aromatic rings. The van der Waals surface area contributed by atoms with E-state index in [1.54, 1.807) is 12.1 Å². The number of benzene rings is 5. The van der Waals surface area contributed by atoms with Gasteiger partial charge in [0.2, 0.25) is 0 Å². The summed E-state index contributed by atoms with van der Waals surface area (Å²) >= 11 is 0. The van der Waals surface area contributed by atoms with E-state index in [1.807, 2.05) is 0 Å². The van der Waals surface area contributed by atoms with Crippen molar-refractivity contribution in [1.82, 2.24) is 0 Å². The highest BCUT2D eigenvalue weighted by Crippen LogP contribution is 2.50. The highest BCUT2D eigenvalue weighted by molar-refractivity contribution is 6.41. The molecule has 212 valence electrons. The van der Waals surface area contributed by atoms with Gasteiger partial charge in [-0.3, -0.25) is 0 Å². The molecule has 0 unspecified atom stereocenters. The maximum Gasteiger partial charge on any atom is 0.336 e.